The minimum atomic E-state index is -0.175. The average molecular weight is 273 g/mol. The van der Waals surface area contributed by atoms with Crippen molar-refractivity contribution in [1.82, 2.24) is 5.16 Å². The SMILES string of the molecule is CC(=O)Nc1ccc(NC(=O)Cc2cc(C)on2)cc1. The van der Waals surface area contributed by atoms with Crippen molar-refractivity contribution in [2.75, 3.05) is 10.6 Å². The van der Waals surface area contributed by atoms with Gasteiger partial charge in [-0.05, 0) is 31.2 Å². The average Bonchev–Trinajstić information content (AvgIpc) is 2.76. The van der Waals surface area contributed by atoms with Crippen LogP contribution in [0.25, 0.3) is 0 Å². The van der Waals surface area contributed by atoms with E-state index in [1.807, 2.05) is 0 Å². The van der Waals surface area contributed by atoms with Gasteiger partial charge in [0.05, 0.1) is 12.1 Å². The molecule has 0 fully saturated rings. The second-order valence-electron chi connectivity index (χ2n) is 4.41. The molecule has 6 heteroatoms. The van der Waals surface area contributed by atoms with E-state index in [-0.39, 0.29) is 18.2 Å². The second-order valence-corrected chi connectivity index (χ2v) is 4.41. The van der Waals surface area contributed by atoms with Gasteiger partial charge >= 0.3 is 0 Å². The quantitative estimate of drug-likeness (QED) is 0.893. The molecule has 6 nitrogen and oxygen atoms in total. The Kier molecular flexibility index (Phi) is 4.14. The Morgan fingerprint density at radius 2 is 1.75 bits per heavy atom. The number of aromatic nitrogens is 1. The van der Waals surface area contributed by atoms with Crippen molar-refractivity contribution in [2.24, 2.45) is 0 Å². The monoisotopic (exact) mass is 273 g/mol. The Morgan fingerprint density at radius 3 is 2.25 bits per heavy atom. The molecule has 0 aliphatic rings. The second kappa shape index (κ2) is 6.01. The van der Waals surface area contributed by atoms with Crippen LogP contribution in [0.5, 0.6) is 0 Å². The molecule has 0 atom stereocenters. The maximum Gasteiger partial charge on any atom is 0.230 e. The fraction of sp³-hybridized carbons (Fsp3) is 0.214. The minimum Gasteiger partial charge on any atom is -0.361 e. The molecule has 2 aromatic rings. The topological polar surface area (TPSA) is 84.2 Å². The van der Waals surface area contributed by atoms with Crippen molar-refractivity contribution in [1.29, 1.82) is 0 Å². The van der Waals surface area contributed by atoms with Gasteiger partial charge in [0, 0.05) is 24.4 Å². The molecular formula is C14H15N3O3. The Bertz CT molecular complexity index is 617. The van der Waals surface area contributed by atoms with Gasteiger partial charge in [0.2, 0.25) is 11.8 Å². The van der Waals surface area contributed by atoms with E-state index in [4.69, 9.17) is 4.52 Å². The number of amides is 2. The Balaban J connectivity index is 1.92. The fourth-order valence-corrected chi connectivity index (χ4v) is 1.71. The Labute approximate surface area is 116 Å². The zero-order valence-electron chi connectivity index (χ0n) is 11.3. The van der Waals surface area contributed by atoms with Crippen LogP contribution in [-0.4, -0.2) is 17.0 Å². The van der Waals surface area contributed by atoms with Gasteiger partial charge in [0.15, 0.2) is 0 Å². The first-order chi connectivity index (χ1) is 9.52. The number of hydrogen-bond donors (Lipinski definition) is 2. The third-order valence-corrected chi connectivity index (χ3v) is 2.51. The number of nitrogens with one attached hydrogen (secondary N) is 2. The van der Waals surface area contributed by atoms with E-state index in [9.17, 15) is 9.59 Å². The highest BCUT2D eigenvalue weighted by Crippen LogP contribution is 2.14. The van der Waals surface area contributed by atoms with Gasteiger partial charge in [-0.2, -0.15) is 0 Å². The molecule has 1 aromatic carbocycles. The highest BCUT2D eigenvalue weighted by molar-refractivity contribution is 5.93. The third-order valence-electron chi connectivity index (χ3n) is 2.51. The Morgan fingerprint density at radius 1 is 1.15 bits per heavy atom. The summed E-state index contributed by atoms with van der Waals surface area (Å²) in [6.45, 7) is 3.21. The van der Waals surface area contributed by atoms with Crippen LogP contribution in [0.4, 0.5) is 11.4 Å². The maximum absolute atomic E-state index is 11.8. The molecule has 0 bridgehead atoms. The maximum atomic E-state index is 11.8. The van der Waals surface area contributed by atoms with Crippen LogP contribution >= 0.6 is 0 Å². The van der Waals surface area contributed by atoms with E-state index >= 15 is 0 Å². The number of carbonyl (C=O) groups excluding carboxylic acids is 2. The van der Waals surface area contributed by atoms with Crippen LogP contribution in [0.15, 0.2) is 34.9 Å². The largest absolute Gasteiger partial charge is 0.361 e. The Hall–Kier alpha value is -2.63. The number of hydrogen-bond acceptors (Lipinski definition) is 4. The normalized spacial score (nSPS) is 10.1. The summed E-state index contributed by atoms with van der Waals surface area (Å²) in [6.07, 6.45) is 0.158. The number of nitrogens with zero attached hydrogens (tertiary/aromatic N) is 1. The molecule has 0 saturated heterocycles. The molecule has 2 rings (SSSR count). The third kappa shape index (κ3) is 3.94. The van der Waals surface area contributed by atoms with Gasteiger partial charge in [0.1, 0.15) is 5.76 Å². The molecule has 2 N–H and O–H groups in total. The number of benzene rings is 1. The minimum absolute atomic E-state index is 0.136. The molecular weight excluding hydrogens is 258 g/mol. The molecule has 0 saturated carbocycles. The zero-order valence-corrected chi connectivity index (χ0v) is 11.3. The molecule has 0 radical (unpaired) electrons. The summed E-state index contributed by atoms with van der Waals surface area (Å²) in [6, 6.07) is 8.60. The molecule has 104 valence electrons. The number of rotatable bonds is 4. The predicted octanol–water partition coefficient (Wildman–Crippen LogP) is 2.12. The summed E-state index contributed by atoms with van der Waals surface area (Å²) in [5, 5.41) is 9.16. The van der Waals surface area contributed by atoms with Crippen LogP contribution in [-0.2, 0) is 16.0 Å². The summed E-state index contributed by atoms with van der Waals surface area (Å²) >= 11 is 0. The molecule has 20 heavy (non-hydrogen) atoms. The molecule has 1 heterocycles. The van der Waals surface area contributed by atoms with Gasteiger partial charge in [-0.25, -0.2) is 0 Å². The molecule has 0 unspecified atom stereocenters. The molecule has 1 aromatic heterocycles. The first-order valence-corrected chi connectivity index (χ1v) is 6.12. The summed E-state index contributed by atoms with van der Waals surface area (Å²) in [5.74, 6) is 0.362. The van der Waals surface area contributed by atoms with Gasteiger partial charge in [0.25, 0.3) is 0 Å². The lowest BCUT2D eigenvalue weighted by atomic mass is 10.2. The van der Waals surface area contributed by atoms with Crippen molar-refractivity contribution >= 4 is 23.2 Å². The van der Waals surface area contributed by atoms with Crippen LogP contribution in [0, 0.1) is 6.92 Å². The number of anilines is 2. The van der Waals surface area contributed by atoms with Crippen LogP contribution in [0.1, 0.15) is 18.4 Å². The summed E-state index contributed by atoms with van der Waals surface area (Å²) in [5.41, 5.74) is 1.93. The van der Waals surface area contributed by atoms with Crippen molar-refractivity contribution in [3.63, 3.8) is 0 Å². The fourth-order valence-electron chi connectivity index (χ4n) is 1.71. The standard InChI is InChI=1S/C14H15N3O3/c1-9-7-13(17-20-9)8-14(19)16-12-5-3-11(4-6-12)15-10(2)18/h3-7H,8H2,1-2H3,(H,15,18)(H,16,19). The van der Waals surface area contributed by atoms with Crippen molar-refractivity contribution in [3.8, 4) is 0 Å². The van der Waals surface area contributed by atoms with Crippen molar-refractivity contribution in [3.05, 3.63) is 41.8 Å². The lowest BCUT2D eigenvalue weighted by molar-refractivity contribution is -0.116. The molecule has 2 amide bonds. The molecule has 0 aliphatic heterocycles. The highest BCUT2D eigenvalue weighted by atomic mass is 16.5. The van der Waals surface area contributed by atoms with Gasteiger partial charge in [-0.3, -0.25) is 9.59 Å². The van der Waals surface area contributed by atoms with Crippen LogP contribution in [0.2, 0.25) is 0 Å². The summed E-state index contributed by atoms with van der Waals surface area (Å²) < 4.78 is 4.90. The van der Waals surface area contributed by atoms with E-state index in [0.717, 1.165) is 0 Å². The first kappa shape index (κ1) is 13.8. The van der Waals surface area contributed by atoms with E-state index in [0.29, 0.717) is 22.8 Å². The van der Waals surface area contributed by atoms with Crippen LogP contribution in [0.3, 0.4) is 0 Å². The predicted molar refractivity (Wildman–Crippen MR) is 74.3 cm³/mol. The first-order valence-electron chi connectivity index (χ1n) is 6.12. The van der Waals surface area contributed by atoms with Gasteiger partial charge in [-0.15, -0.1) is 0 Å². The zero-order chi connectivity index (χ0) is 14.5. The molecule has 0 aliphatic carbocycles. The lowest BCUT2D eigenvalue weighted by Gasteiger charge is -2.06. The van der Waals surface area contributed by atoms with Crippen molar-refractivity contribution in [2.45, 2.75) is 20.3 Å². The smallest absolute Gasteiger partial charge is 0.230 e. The number of carbonyl (C=O) groups is 2. The summed E-state index contributed by atoms with van der Waals surface area (Å²) in [7, 11) is 0. The van der Waals surface area contributed by atoms with E-state index in [1.165, 1.54) is 6.92 Å². The van der Waals surface area contributed by atoms with E-state index < -0.39 is 0 Å². The summed E-state index contributed by atoms with van der Waals surface area (Å²) in [4.78, 5) is 22.7. The van der Waals surface area contributed by atoms with E-state index in [1.54, 1.807) is 37.3 Å². The number of aryl methyl sites for hydroxylation is 1. The van der Waals surface area contributed by atoms with E-state index in [2.05, 4.69) is 15.8 Å². The lowest BCUT2D eigenvalue weighted by Crippen LogP contribution is -2.14. The molecule has 0 spiro atoms. The van der Waals surface area contributed by atoms with Crippen molar-refractivity contribution < 1.29 is 14.1 Å². The highest BCUT2D eigenvalue weighted by Gasteiger charge is 2.08. The van der Waals surface area contributed by atoms with Gasteiger partial charge < -0.3 is 15.2 Å². The van der Waals surface area contributed by atoms with Crippen LogP contribution < -0.4 is 10.6 Å². The van der Waals surface area contributed by atoms with Gasteiger partial charge in [-0.1, -0.05) is 5.16 Å².